The number of cyclic esters (lactones) is 1. The number of carbonyl (C=O) groups excluding carboxylic acids is 3. The lowest BCUT2D eigenvalue weighted by molar-refractivity contribution is -0.150. The van der Waals surface area contributed by atoms with Gasteiger partial charge in [0.05, 0.1) is 13.2 Å². The van der Waals surface area contributed by atoms with Crippen LogP contribution in [0.5, 0.6) is 0 Å². The maximum Gasteiger partial charge on any atom is 0.335 e. The van der Waals surface area contributed by atoms with E-state index < -0.39 is 35.2 Å². The molecule has 7 nitrogen and oxygen atoms in total. The second kappa shape index (κ2) is 14.0. The molecule has 4 atom stereocenters. The molecular formula is C20H34O7S. The minimum atomic E-state index is -1.39. The first-order chi connectivity index (χ1) is 13.3. The Morgan fingerprint density at radius 1 is 1.14 bits per heavy atom. The minimum absolute atomic E-state index is 0.0931. The normalized spacial score (nSPS) is 27.6. The summed E-state index contributed by atoms with van der Waals surface area (Å²) >= 11 is 0.975. The number of Topliss-reactive ketones (excluding diaryl/α,β-unsaturated/α-hetero) is 1. The van der Waals surface area contributed by atoms with Gasteiger partial charge in [0, 0.05) is 12.2 Å². The molecule has 0 unspecified atom stereocenters. The summed E-state index contributed by atoms with van der Waals surface area (Å²) in [6.07, 6.45) is 5.36. The van der Waals surface area contributed by atoms with E-state index in [1.54, 1.807) is 0 Å². The molecule has 0 aromatic heterocycles. The lowest BCUT2D eigenvalue weighted by atomic mass is 10.0. The molecule has 1 aliphatic rings. The average molecular weight is 419 g/mol. The summed E-state index contributed by atoms with van der Waals surface area (Å²) < 4.78 is 9.94. The molecule has 0 radical (unpaired) electrons. The zero-order valence-corrected chi connectivity index (χ0v) is 17.7. The van der Waals surface area contributed by atoms with Crippen molar-refractivity contribution in [3.05, 3.63) is 0 Å². The van der Waals surface area contributed by atoms with E-state index in [1.165, 1.54) is 7.11 Å². The van der Waals surface area contributed by atoms with Crippen LogP contribution in [0.2, 0.25) is 0 Å². The number of thioether (sulfide) groups is 1. The van der Waals surface area contributed by atoms with E-state index in [-0.39, 0.29) is 18.3 Å². The predicted octanol–water partition coefficient (Wildman–Crippen LogP) is 2.40. The molecule has 1 fully saturated rings. The number of rotatable bonds is 4. The Hall–Kier alpha value is -1.12. The summed E-state index contributed by atoms with van der Waals surface area (Å²) in [5, 5.41) is 19.0. The van der Waals surface area contributed by atoms with E-state index in [0.717, 1.165) is 63.1 Å². The smallest absolute Gasteiger partial charge is 0.335 e. The molecule has 1 rings (SSSR count). The Bertz CT molecular complexity index is 497. The average Bonchev–Trinajstić information content (AvgIpc) is 2.67. The predicted molar refractivity (Wildman–Crippen MR) is 107 cm³/mol. The number of aliphatic hydroxyl groups excluding tert-OH is 2. The van der Waals surface area contributed by atoms with Gasteiger partial charge in [0.15, 0.2) is 11.9 Å². The van der Waals surface area contributed by atoms with Crippen molar-refractivity contribution in [2.45, 2.75) is 94.7 Å². The van der Waals surface area contributed by atoms with Gasteiger partial charge in [0.1, 0.15) is 11.4 Å². The van der Waals surface area contributed by atoms with Crippen LogP contribution >= 0.6 is 11.8 Å². The molecule has 28 heavy (non-hydrogen) atoms. The van der Waals surface area contributed by atoms with Crippen LogP contribution in [0.15, 0.2) is 0 Å². The fourth-order valence-electron chi connectivity index (χ4n) is 3.09. The Kier molecular flexibility index (Phi) is 12.4. The third-order valence-electron chi connectivity index (χ3n) is 4.86. The maximum absolute atomic E-state index is 12.5. The first kappa shape index (κ1) is 24.9. The van der Waals surface area contributed by atoms with Crippen molar-refractivity contribution >= 4 is 29.5 Å². The fourth-order valence-corrected chi connectivity index (χ4v) is 4.11. The van der Waals surface area contributed by atoms with E-state index in [1.807, 2.05) is 6.92 Å². The van der Waals surface area contributed by atoms with Crippen LogP contribution in [0, 0.1) is 0 Å². The van der Waals surface area contributed by atoms with Gasteiger partial charge in [-0.1, -0.05) is 38.5 Å². The standard InChI is InChI=1S/C20H34O7S/c1-14-10-8-6-4-3-5-7-9-11-15(21)16(22)12-18(20(25)27-14)28-13-17(23)19(24)26-2/h14-15,17-18,21,23H,3-13H2,1-2H3/t14-,15+,17-,18-/m1/s1. The topological polar surface area (TPSA) is 110 Å². The van der Waals surface area contributed by atoms with Crippen LogP contribution in [0.3, 0.4) is 0 Å². The molecule has 1 saturated heterocycles. The lowest BCUT2D eigenvalue weighted by Gasteiger charge is -2.21. The van der Waals surface area contributed by atoms with Gasteiger partial charge >= 0.3 is 11.9 Å². The number of methoxy groups -OCH3 is 1. The van der Waals surface area contributed by atoms with Crippen LogP contribution in [0.1, 0.15) is 71.1 Å². The van der Waals surface area contributed by atoms with Crippen molar-refractivity contribution in [3.8, 4) is 0 Å². The van der Waals surface area contributed by atoms with Crippen molar-refractivity contribution in [3.63, 3.8) is 0 Å². The fraction of sp³-hybridized carbons (Fsp3) is 0.850. The third-order valence-corrected chi connectivity index (χ3v) is 6.12. The van der Waals surface area contributed by atoms with Crippen LogP contribution < -0.4 is 0 Å². The Morgan fingerprint density at radius 3 is 2.32 bits per heavy atom. The molecule has 0 aliphatic carbocycles. The van der Waals surface area contributed by atoms with Crippen molar-refractivity contribution < 1.29 is 34.1 Å². The van der Waals surface area contributed by atoms with Gasteiger partial charge in [-0.25, -0.2) is 4.79 Å². The molecule has 0 spiro atoms. The van der Waals surface area contributed by atoms with Crippen molar-refractivity contribution in [2.75, 3.05) is 12.9 Å². The summed E-state index contributed by atoms with van der Waals surface area (Å²) in [6.45, 7) is 1.82. The van der Waals surface area contributed by atoms with Crippen LogP contribution in [-0.4, -0.2) is 64.4 Å². The SMILES string of the molecule is COC(=O)[C@H](O)CS[C@@H]1CC(=O)[C@@H](O)CCCCCCCCC[C@@H](C)OC1=O. The van der Waals surface area contributed by atoms with Crippen LogP contribution in [0.25, 0.3) is 0 Å². The highest BCUT2D eigenvalue weighted by Crippen LogP contribution is 2.22. The Balaban J connectivity index is 2.76. The molecule has 0 aromatic carbocycles. The van der Waals surface area contributed by atoms with Gasteiger partial charge in [0.25, 0.3) is 0 Å². The van der Waals surface area contributed by atoms with Gasteiger partial charge < -0.3 is 19.7 Å². The number of hydrogen-bond donors (Lipinski definition) is 2. The van der Waals surface area contributed by atoms with Crippen molar-refractivity contribution in [1.29, 1.82) is 0 Å². The lowest BCUT2D eigenvalue weighted by Crippen LogP contribution is -2.33. The monoisotopic (exact) mass is 418 g/mol. The summed E-state index contributed by atoms with van der Waals surface area (Å²) in [7, 11) is 1.17. The van der Waals surface area contributed by atoms with Crippen LogP contribution in [0.4, 0.5) is 0 Å². The molecule has 8 heteroatoms. The van der Waals surface area contributed by atoms with E-state index in [9.17, 15) is 24.6 Å². The van der Waals surface area contributed by atoms with Gasteiger partial charge in [-0.15, -0.1) is 11.8 Å². The molecule has 1 heterocycles. The van der Waals surface area contributed by atoms with Gasteiger partial charge in [-0.3, -0.25) is 9.59 Å². The first-order valence-electron chi connectivity index (χ1n) is 10.1. The van der Waals surface area contributed by atoms with E-state index in [0.29, 0.717) is 6.42 Å². The largest absolute Gasteiger partial charge is 0.467 e. The number of ether oxygens (including phenoxy) is 2. The molecule has 162 valence electrons. The second-order valence-electron chi connectivity index (χ2n) is 7.35. The zero-order valence-electron chi connectivity index (χ0n) is 16.9. The third kappa shape index (κ3) is 9.89. The van der Waals surface area contributed by atoms with E-state index in [2.05, 4.69) is 4.74 Å². The molecule has 2 N–H and O–H groups in total. The van der Waals surface area contributed by atoms with Crippen LogP contribution in [-0.2, 0) is 23.9 Å². The van der Waals surface area contributed by atoms with E-state index in [4.69, 9.17) is 4.74 Å². The highest BCUT2D eigenvalue weighted by atomic mass is 32.2. The maximum atomic E-state index is 12.5. The zero-order chi connectivity index (χ0) is 20.9. The summed E-state index contributed by atoms with van der Waals surface area (Å²) in [5.74, 6) is -1.86. The quantitative estimate of drug-likeness (QED) is 0.670. The number of aliphatic hydroxyl groups is 2. The Labute approximate surface area is 171 Å². The summed E-state index contributed by atoms with van der Waals surface area (Å²) in [4.78, 5) is 36.3. The van der Waals surface area contributed by atoms with Crippen molar-refractivity contribution in [1.82, 2.24) is 0 Å². The molecule has 0 bridgehead atoms. The molecule has 0 saturated carbocycles. The number of hydrogen-bond acceptors (Lipinski definition) is 8. The molecule has 1 aliphatic heterocycles. The molecular weight excluding hydrogens is 384 g/mol. The van der Waals surface area contributed by atoms with Gasteiger partial charge in [0.2, 0.25) is 0 Å². The second-order valence-corrected chi connectivity index (χ2v) is 8.58. The highest BCUT2D eigenvalue weighted by molar-refractivity contribution is 8.00. The summed E-state index contributed by atoms with van der Waals surface area (Å²) in [5.41, 5.74) is 0. The minimum Gasteiger partial charge on any atom is -0.467 e. The number of carbonyl (C=O) groups is 3. The highest BCUT2D eigenvalue weighted by Gasteiger charge is 2.30. The first-order valence-corrected chi connectivity index (χ1v) is 11.2. The molecule has 0 amide bonds. The van der Waals surface area contributed by atoms with Gasteiger partial charge in [-0.05, 0) is 26.2 Å². The Morgan fingerprint density at radius 2 is 1.71 bits per heavy atom. The van der Waals surface area contributed by atoms with Crippen molar-refractivity contribution in [2.24, 2.45) is 0 Å². The van der Waals surface area contributed by atoms with E-state index >= 15 is 0 Å². The molecule has 0 aromatic rings. The number of esters is 2. The summed E-state index contributed by atoms with van der Waals surface area (Å²) in [6, 6.07) is 0. The number of ketones is 1. The van der Waals surface area contributed by atoms with Gasteiger partial charge in [-0.2, -0.15) is 0 Å².